The van der Waals surface area contributed by atoms with E-state index in [1.165, 1.54) is 0 Å². The maximum Gasteiger partial charge on any atom is 0.304 e. The van der Waals surface area contributed by atoms with Crippen LogP contribution in [0, 0.1) is 17.3 Å². The van der Waals surface area contributed by atoms with Crippen LogP contribution in [0.25, 0.3) is 0 Å². The first kappa shape index (κ1) is 20.1. The van der Waals surface area contributed by atoms with Crippen molar-refractivity contribution >= 4 is 5.97 Å². The van der Waals surface area contributed by atoms with Crippen LogP contribution >= 0.6 is 0 Å². The number of aliphatic carboxylic acids is 1. The van der Waals surface area contributed by atoms with Crippen molar-refractivity contribution in [3.8, 4) is 0 Å². The third-order valence-corrected chi connectivity index (χ3v) is 6.88. The molecule has 3 fully saturated rings. The highest BCUT2D eigenvalue weighted by atomic mass is 16.7. The van der Waals surface area contributed by atoms with E-state index in [1.807, 2.05) is 0 Å². The van der Waals surface area contributed by atoms with Crippen LogP contribution in [0.4, 0.5) is 0 Å². The molecule has 26 heavy (non-hydrogen) atoms. The summed E-state index contributed by atoms with van der Waals surface area (Å²) in [5.74, 6) is -1.03. The molecule has 0 radical (unpaired) electrons. The molecule has 6 heteroatoms. The summed E-state index contributed by atoms with van der Waals surface area (Å²) in [7, 11) is 0. The normalized spacial score (nSPS) is 43.2. The summed E-state index contributed by atoms with van der Waals surface area (Å²) in [6.45, 7) is 2.81. The van der Waals surface area contributed by atoms with Gasteiger partial charge in [-0.2, -0.15) is 0 Å². The molecule has 150 valence electrons. The minimum atomic E-state index is -0.880. The van der Waals surface area contributed by atoms with Gasteiger partial charge in [0.05, 0.1) is 24.7 Å². The number of unbranched alkanes of at least 4 members (excludes halogenated alkanes) is 1. The third kappa shape index (κ3) is 3.93. The van der Waals surface area contributed by atoms with Crippen molar-refractivity contribution in [3.63, 3.8) is 0 Å². The van der Waals surface area contributed by atoms with E-state index in [2.05, 4.69) is 6.92 Å². The van der Waals surface area contributed by atoms with Gasteiger partial charge < -0.3 is 24.8 Å². The Morgan fingerprint density at radius 3 is 2.73 bits per heavy atom. The van der Waals surface area contributed by atoms with Crippen molar-refractivity contribution in [1.82, 2.24) is 0 Å². The fraction of sp³-hybridized carbons (Fsp3) is 0.950. The van der Waals surface area contributed by atoms with Gasteiger partial charge in [0.2, 0.25) is 0 Å². The van der Waals surface area contributed by atoms with Gasteiger partial charge >= 0.3 is 5.97 Å². The quantitative estimate of drug-likeness (QED) is 0.638. The fourth-order valence-corrected chi connectivity index (χ4v) is 5.67. The number of rotatable bonds is 7. The molecule has 3 aliphatic rings. The Hall–Kier alpha value is -0.690. The van der Waals surface area contributed by atoms with Crippen LogP contribution in [0.2, 0.25) is 0 Å². The first-order chi connectivity index (χ1) is 12.5. The van der Waals surface area contributed by atoms with E-state index in [4.69, 9.17) is 9.47 Å². The van der Waals surface area contributed by atoms with Crippen LogP contribution in [-0.4, -0.2) is 52.5 Å². The van der Waals surface area contributed by atoms with Gasteiger partial charge in [-0.05, 0) is 50.4 Å². The van der Waals surface area contributed by atoms with Gasteiger partial charge in [-0.1, -0.05) is 19.8 Å². The van der Waals surface area contributed by atoms with Gasteiger partial charge in [-0.15, -0.1) is 0 Å². The molecule has 0 aromatic heterocycles. The van der Waals surface area contributed by atoms with E-state index in [0.717, 1.165) is 38.5 Å². The minimum absolute atomic E-state index is 0.0196. The van der Waals surface area contributed by atoms with Crippen LogP contribution in [0.1, 0.15) is 71.1 Å². The lowest BCUT2D eigenvalue weighted by Crippen LogP contribution is -2.51. The monoisotopic (exact) mass is 370 g/mol. The molecule has 1 heterocycles. The summed E-state index contributed by atoms with van der Waals surface area (Å²) in [5.41, 5.74) is -0.692. The second kappa shape index (κ2) is 8.55. The Morgan fingerprint density at radius 2 is 2.08 bits per heavy atom. The Balaban J connectivity index is 1.85. The molecule has 3 unspecified atom stereocenters. The molecule has 6 nitrogen and oxygen atoms in total. The maximum absolute atomic E-state index is 11.6. The van der Waals surface area contributed by atoms with E-state index in [-0.39, 0.29) is 30.7 Å². The van der Waals surface area contributed by atoms with Gasteiger partial charge in [0, 0.05) is 18.4 Å². The van der Waals surface area contributed by atoms with Gasteiger partial charge in [0.25, 0.3) is 0 Å². The van der Waals surface area contributed by atoms with E-state index in [0.29, 0.717) is 25.9 Å². The number of aliphatic hydroxyl groups is 2. The fourth-order valence-electron chi connectivity index (χ4n) is 5.67. The van der Waals surface area contributed by atoms with Crippen molar-refractivity contribution in [2.45, 2.75) is 95.7 Å². The van der Waals surface area contributed by atoms with Gasteiger partial charge in [-0.25, -0.2) is 0 Å². The summed E-state index contributed by atoms with van der Waals surface area (Å²) < 4.78 is 12.0. The molecule has 0 amide bonds. The highest BCUT2D eigenvalue weighted by molar-refractivity contribution is 5.68. The predicted octanol–water partition coefficient (Wildman–Crippen LogP) is 2.70. The third-order valence-electron chi connectivity index (χ3n) is 6.88. The Morgan fingerprint density at radius 1 is 1.27 bits per heavy atom. The molecule has 0 aromatic rings. The van der Waals surface area contributed by atoms with Crippen molar-refractivity contribution in [2.75, 3.05) is 6.61 Å². The zero-order chi connectivity index (χ0) is 18.7. The zero-order valence-corrected chi connectivity index (χ0v) is 15.8. The van der Waals surface area contributed by atoms with Crippen LogP contribution in [0.15, 0.2) is 0 Å². The Labute approximate surface area is 155 Å². The number of carbonyl (C=O) groups is 1. The van der Waals surface area contributed by atoms with Crippen LogP contribution in [0.5, 0.6) is 0 Å². The molecule has 0 bridgehead atoms. The summed E-state index contributed by atoms with van der Waals surface area (Å²) in [6, 6.07) is 0. The van der Waals surface area contributed by atoms with E-state index >= 15 is 0 Å². The number of hydrogen-bond acceptors (Lipinski definition) is 5. The second-order valence-corrected chi connectivity index (χ2v) is 8.46. The first-order valence-corrected chi connectivity index (χ1v) is 10.3. The topological polar surface area (TPSA) is 96.2 Å². The van der Waals surface area contributed by atoms with Gasteiger partial charge in [0.1, 0.15) is 0 Å². The molecule has 0 spiro atoms. The maximum atomic E-state index is 11.6. The molecular formula is C20H34O6. The van der Waals surface area contributed by atoms with Crippen LogP contribution in [-0.2, 0) is 14.3 Å². The van der Waals surface area contributed by atoms with Crippen molar-refractivity contribution in [1.29, 1.82) is 0 Å². The molecule has 2 saturated carbocycles. The van der Waals surface area contributed by atoms with E-state index in [1.54, 1.807) is 0 Å². The largest absolute Gasteiger partial charge is 0.481 e. The number of aliphatic hydroxyl groups excluding tert-OH is 2. The smallest absolute Gasteiger partial charge is 0.304 e. The number of ether oxygens (including phenoxy) is 2. The second-order valence-electron chi connectivity index (χ2n) is 8.46. The van der Waals surface area contributed by atoms with Gasteiger partial charge in [-0.3, -0.25) is 4.79 Å². The number of carboxylic acids is 1. The molecule has 3 rings (SSSR count). The molecule has 1 saturated heterocycles. The average molecular weight is 370 g/mol. The Bertz CT molecular complexity index is 477. The predicted molar refractivity (Wildman–Crippen MR) is 95.5 cm³/mol. The number of hydrogen-bond donors (Lipinski definition) is 3. The lowest BCUT2D eigenvalue weighted by Gasteiger charge is -2.49. The molecule has 2 aliphatic carbocycles. The van der Waals surface area contributed by atoms with Crippen molar-refractivity contribution in [3.05, 3.63) is 0 Å². The van der Waals surface area contributed by atoms with Crippen molar-refractivity contribution in [2.24, 2.45) is 17.3 Å². The van der Waals surface area contributed by atoms with Gasteiger partial charge in [0.15, 0.2) is 6.29 Å². The highest BCUT2D eigenvalue weighted by Crippen LogP contribution is 2.58. The molecule has 3 N–H and O–H groups in total. The molecule has 7 atom stereocenters. The van der Waals surface area contributed by atoms with Crippen LogP contribution in [0.3, 0.4) is 0 Å². The molecule has 1 aliphatic heterocycles. The van der Waals surface area contributed by atoms with E-state index in [9.17, 15) is 20.1 Å². The molecular weight excluding hydrogens is 336 g/mol. The number of carboxylic acid groups (broad SMARTS) is 1. The van der Waals surface area contributed by atoms with Crippen molar-refractivity contribution < 1.29 is 29.6 Å². The average Bonchev–Trinajstić information content (AvgIpc) is 2.87. The van der Waals surface area contributed by atoms with Crippen LogP contribution < -0.4 is 0 Å². The number of fused-ring (bicyclic) bond motifs is 1. The summed E-state index contributed by atoms with van der Waals surface area (Å²) in [5, 5.41) is 31.1. The summed E-state index contributed by atoms with van der Waals surface area (Å²) in [4.78, 5) is 11.6. The molecule has 0 aromatic carbocycles. The lowest BCUT2D eigenvalue weighted by atomic mass is 9.58. The lowest BCUT2D eigenvalue weighted by molar-refractivity contribution is -0.211. The summed E-state index contributed by atoms with van der Waals surface area (Å²) in [6.07, 6.45) is 5.63. The highest BCUT2D eigenvalue weighted by Gasteiger charge is 2.61. The van der Waals surface area contributed by atoms with E-state index < -0.39 is 23.6 Å². The summed E-state index contributed by atoms with van der Waals surface area (Å²) >= 11 is 0. The minimum Gasteiger partial charge on any atom is -0.481 e. The zero-order valence-electron chi connectivity index (χ0n) is 15.8. The first-order valence-electron chi connectivity index (χ1n) is 10.3. The standard InChI is InChI=1S/C20H34O6/c1-2-3-6-13-14(21)8-9-20(12-17(23)24)16(22)11-15(19(13)20)26-18-7-4-5-10-25-18/h13-16,18-19,21-22H,2-12H2,1H3,(H,23,24)/t13?,14?,15-,16+,18?,19-,20+/m1/s1. The Kier molecular flexibility index (Phi) is 6.59. The SMILES string of the molecule is CCCCC1C(O)CC[C@@]2(CC(=O)O)[C@H]1[C@H](OC1CCCCO1)C[C@@H]2O.